The van der Waals surface area contributed by atoms with E-state index in [0.717, 1.165) is 44.9 Å². The van der Waals surface area contributed by atoms with Crippen LogP contribution in [0.25, 0.3) is 0 Å². The molecule has 2 heterocycles. The van der Waals surface area contributed by atoms with Gasteiger partial charge in [0.2, 0.25) is 11.8 Å². The SMILES string of the molecule is COc1ccc(Cl)c(C(=O)O)c1.COc1ccc(Nc2ccccc2C(=O)O)c(C(=O)O)c1.COc1ccc(Nc2ccccc2C2=N[C@H](c3ccccc3)CO2)c(C2=N[C@H](c3ccccc3)CO2)c1.N[C@@H](CO)c1ccccc1.Nc1ccccc1C(=O)O. The summed E-state index contributed by atoms with van der Waals surface area (Å²) in [4.78, 5) is 53.1. The minimum absolute atomic E-state index is 0.00398. The van der Waals surface area contributed by atoms with Crippen LogP contribution in [0.2, 0.25) is 5.02 Å². The highest BCUT2D eigenvalue weighted by atomic mass is 35.5. The quantitative estimate of drug-likeness (QED) is 0.0383. The Morgan fingerprint density at radius 1 is 0.489 bits per heavy atom. The maximum Gasteiger partial charge on any atom is 0.337 e. The first-order valence-electron chi connectivity index (χ1n) is 27.6. The summed E-state index contributed by atoms with van der Waals surface area (Å²) in [7, 11) is 4.56. The van der Waals surface area contributed by atoms with Gasteiger partial charge in [-0.15, -0.1) is 0 Å². The number of aliphatic hydroxyl groups is 1. The summed E-state index contributed by atoms with van der Waals surface area (Å²) in [5, 5.41) is 50.8. The number of hydrogen-bond acceptors (Lipinski definition) is 16. The zero-order valence-electron chi connectivity index (χ0n) is 49.0. The first-order chi connectivity index (χ1) is 43.5. The third kappa shape index (κ3) is 18.4. The van der Waals surface area contributed by atoms with Crippen LogP contribution in [0.5, 0.6) is 17.2 Å². The Morgan fingerprint density at radius 3 is 1.40 bits per heavy atom. The number of hydrogen-bond donors (Lipinski definition) is 9. The second-order valence-electron chi connectivity index (χ2n) is 19.4. The summed E-state index contributed by atoms with van der Waals surface area (Å²) in [5.41, 5.74) is 18.8. The minimum Gasteiger partial charge on any atom is -0.497 e. The molecule has 2 aliphatic rings. The molecule has 0 bridgehead atoms. The van der Waals surface area contributed by atoms with Crippen molar-refractivity contribution in [2.75, 3.05) is 57.5 Å². The average Bonchev–Trinajstić information content (AvgIpc) is 1.93. The van der Waals surface area contributed by atoms with Crippen LogP contribution in [-0.2, 0) is 9.47 Å². The number of nitrogen functional groups attached to an aromatic ring is 1. The van der Waals surface area contributed by atoms with Gasteiger partial charge in [-0.2, -0.15) is 0 Å². The van der Waals surface area contributed by atoms with E-state index in [9.17, 15) is 24.3 Å². The fraction of sp³-hybridized carbons (Fsp3) is 0.130. The predicted octanol–water partition coefficient (Wildman–Crippen LogP) is 13.0. The molecule has 0 spiro atoms. The molecule has 3 atom stereocenters. The smallest absolute Gasteiger partial charge is 0.337 e. The molecule has 20 nitrogen and oxygen atoms in total. The number of anilines is 5. The summed E-state index contributed by atoms with van der Waals surface area (Å²) in [6.45, 7) is 1.02. The number of nitrogens with two attached hydrogens (primary N) is 2. The molecule has 0 amide bonds. The number of nitrogens with one attached hydrogen (secondary N) is 2. The molecule has 0 aliphatic carbocycles. The van der Waals surface area contributed by atoms with E-state index in [2.05, 4.69) is 34.9 Å². The van der Waals surface area contributed by atoms with Crippen molar-refractivity contribution in [3.05, 3.63) is 273 Å². The number of methoxy groups -OCH3 is 3. The maximum atomic E-state index is 11.3. The number of nitrogens with zero attached hydrogens (tertiary/aromatic N) is 2. The van der Waals surface area contributed by atoms with E-state index in [1.54, 1.807) is 55.6 Å². The van der Waals surface area contributed by atoms with Crippen LogP contribution < -0.4 is 36.3 Å². The van der Waals surface area contributed by atoms with Gasteiger partial charge < -0.3 is 71.3 Å². The number of rotatable bonds is 17. The van der Waals surface area contributed by atoms with Crippen LogP contribution in [0.3, 0.4) is 0 Å². The number of aliphatic imine (C=N–C) groups is 2. The van der Waals surface area contributed by atoms with Gasteiger partial charge in [-0.05, 0) is 108 Å². The highest BCUT2D eigenvalue weighted by Crippen LogP contribution is 2.35. The maximum absolute atomic E-state index is 11.3. The van der Waals surface area contributed by atoms with Gasteiger partial charge in [0.25, 0.3) is 0 Å². The van der Waals surface area contributed by atoms with Crippen molar-refractivity contribution in [3.8, 4) is 17.2 Å². The number of benzene rings is 9. The van der Waals surface area contributed by atoms with Gasteiger partial charge in [-0.3, -0.25) is 0 Å². The normalized spacial score (nSPS) is 13.6. The fourth-order valence-electron chi connectivity index (χ4n) is 8.75. The molecule has 11 rings (SSSR count). The summed E-state index contributed by atoms with van der Waals surface area (Å²) < 4.78 is 27.5. The Kier molecular flexibility index (Phi) is 24.4. The van der Waals surface area contributed by atoms with Crippen molar-refractivity contribution in [1.29, 1.82) is 0 Å². The first kappa shape index (κ1) is 66.3. The summed E-state index contributed by atoms with van der Waals surface area (Å²) >= 11 is 5.61. The Balaban J connectivity index is 0.000000182. The third-order valence-electron chi connectivity index (χ3n) is 13.5. The number of para-hydroxylation sites is 3. The average molecular weight is 1240 g/mol. The number of carboxylic acids is 4. The highest BCUT2D eigenvalue weighted by Gasteiger charge is 2.27. The first-order valence-corrected chi connectivity index (χ1v) is 28.0. The summed E-state index contributed by atoms with van der Waals surface area (Å²) in [6, 6.07) is 65.2. The molecule has 0 radical (unpaired) electrons. The van der Waals surface area contributed by atoms with E-state index >= 15 is 0 Å². The Morgan fingerprint density at radius 2 is 0.889 bits per heavy atom. The van der Waals surface area contributed by atoms with Crippen molar-refractivity contribution in [1.82, 2.24) is 0 Å². The molecule has 2 aliphatic heterocycles. The lowest BCUT2D eigenvalue weighted by Gasteiger charge is -2.16. The van der Waals surface area contributed by atoms with Crippen molar-refractivity contribution in [3.63, 3.8) is 0 Å². The Hall–Kier alpha value is -11.2. The number of ether oxygens (including phenoxy) is 5. The summed E-state index contributed by atoms with van der Waals surface area (Å²) in [6.07, 6.45) is 0. The number of carboxylic acid groups (broad SMARTS) is 4. The largest absolute Gasteiger partial charge is 0.497 e. The van der Waals surface area contributed by atoms with Crippen molar-refractivity contribution in [2.45, 2.75) is 18.1 Å². The lowest BCUT2D eigenvalue weighted by atomic mass is 10.1. The van der Waals surface area contributed by atoms with Crippen LogP contribution in [0.15, 0.2) is 228 Å². The van der Waals surface area contributed by atoms with Crippen LogP contribution >= 0.6 is 11.6 Å². The van der Waals surface area contributed by atoms with Gasteiger partial charge in [0.05, 0.1) is 95.1 Å². The van der Waals surface area contributed by atoms with Gasteiger partial charge in [0.15, 0.2) is 0 Å². The van der Waals surface area contributed by atoms with Crippen LogP contribution in [0, 0.1) is 0 Å². The zero-order valence-corrected chi connectivity index (χ0v) is 49.7. The minimum atomic E-state index is -1.13. The van der Waals surface area contributed by atoms with E-state index in [-0.39, 0.29) is 57.7 Å². The fourth-order valence-corrected chi connectivity index (χ4v) is 8.95. The van der Waals surface area contributed by atoms with E-state index in [4.69, 9.17) is 77.2 Å². The van der Waals surface area contributed by atoms with E-state index in [1.807, 2.05) is 109 Å². The summed E-state index contributed by atoms with van der Waals surface area (Å²) in [5.74, 6) is -1.43. The van der Waals surface area contributed by atoms with Gasteiger partial charge in [-0.25, -0.2) is 29.2 Å². The molecule has 90 heavy (non-hydrogen) atoms. The van der Waals surface area contributed by atoms with Crippen LogP contribution in [0.1, 0.15) is 87.4 Å². The predicted molar refractivity (Wildman–Crippen MR) is 346 cm³/mol. The van der Waals surface area contributed by atoms with Crippen LogP contribution in [-0.4, -0.2) is 102 Å². The molecular formula is C69H65ClN6O14. The van der Waals surface area contributed by atoms with Crippen molar-refractivity contribution < 1.29 is 68.4 Å². The van der Waals surface area contributed by atoms with Gasteiger partial charge in [-0.1, -0.05) is 139 Å². The van der Waals surface area contributed by atoms with Crippen molar-refractivity contribution in [2.24, 2.45) is 15.7 Å². The lowest BCUT2D eigenvalue weighted by Crippen LogP contribution is -2.13. The Bertz CT molecular complexity index is 3950. The number of carbonyl (C=O) groups is 4. The molecule has 9 aromatic rings. The molecular weight excluding hydrogens is 1170 g/mol. The molecule has 0 unspecified atom stereocenters. The van der Waals surface area contributed by atoms with Gasteiger partial charge >= 0.3 is 23.9 Å². The number of aliphatic hydroxyl groups excluding tert-OH is 1. The Labute approximate surface area is 523 Å². The van der Waals surface area contributed by atoms with E-state index in [0.29, 0.717) is 47.9 Å². The highest BCUT2D eigenvalue weighted by molar-refractivity contribution is 6.33. The molecule has 21 heteroatoms. The molecule has 0 aromatic heterocycles. The van der Waals surface area contributed by atoms with Crippen molar-refractivity contribution >= 4 is 75.7 Å². The van der Waals surface area contributed by atoms with Crippen LogP contribution in [0.4, 0.5) is 28.4 Å². The second-order valence-corrected chi connectivity index (χ2v) is 19.8. The lowest BCUT2D eigenvalue weighted by molar-refractivity contribution is 0.0686. The van der Waals surface area contributed by atoms with Gasteiger partial charge in [0.1, 0.15) is 42.5 Å². The zero-order chi connectivity index (χ0) is 64.5. The molecule has 0 saturated heterocycles. The monoisotopic (exact) mass is 1240 g/mol. The standard InChI is InChI=1S/C31H27N3O3.C15H13NO5.C8H7ClO3.C8H11NO.C7H7NO2/c1-35-23-16-17-27(25(18-23)31-34-29(20-37-31)22-12-6-3-7-13-22)32-26-15-9-8-14-24(26)30-33-28(19-36-30)21-10-4-2-5-11-21;1-21-9-6-7-13(11(8-9)15(19)20)16-12-5-3-2-4-10(12)14(17)18;1-12-5-2-3-7(9)6(4-5)8(10)11;9-8(6-10)7-4-2-1-3-5-7;8-6-4-2-1-3-5(6)7(9)10/h2-18,28-29,32H,19-20H2,1H3;2-8,16H,1H3,(H,17,18)(H,19,20);2-4H,1H3,(H,10,11);1-5,8,10H,6,9H2;1-4H,8H2,(H,9,10)/t28-,29-;;;8-;/m0..0./s1. The number of aromatic carboxylic acids is 4. The van der Waals surface area contributed by atoms with E-state index in [1.165, 1.54) is 50.6 Å². The molecule has 11 N–H and O–H groups in total. The molecule has 462 valence electrons. The molecule has 9 aromatic carbocycles. The number of halogens is 1. The molecule has 0 saturated carbocycles. The van der Waals surface area contributed by atoms with E-state index < -0.39 is 23.9 Å². The third-order valence-corrected chi connectivity index (χ3v) is 13.8. The second kappa shape index (κ2) is 33.1. The topological polar surface area (TPSA) is 316 Å². The molecule has 0 fully saturated rings. The van der Waals surface area contributed by atoms with Gasteiger partial charge in [0, 0.05) is 5.69 Å².